The highest BCUT2D eigenvalue weighted by Crippen LogP contribution is 2.68. The second-order valence-corrected chi connectivity index (χ2v) is 13.1. The Morgan fingerprint density at radius 1 is 1.08 bits per heavy atom. The van der Waals surface area contributed by atoms with Crippen LogP contribution < -0.4 is 5.32 Å². The van der Waals surface area contributed by atoms with Gasteiger partial charge in [0.2, 0.25) is 0 Å². The first-order valence-electron chi connectivity index (χ1n) is 14.3. The van der Waals surface area contributed by atoms with Crippen molar-refractivity contribution in [3.05, 3.63) is 47.8 Å². The zero-order valence-corrected chi connectivity index (χ0v) is 22.8. The van der Waals surface area contributed by atoms with Crippen LogP contribution in [0.4, 0.5) is 4.79 Å². The van der Waals surface area contributed by atoms with Gasteiger partial charge in [0, 0.05) is 23.8 Å². The van der Waals surface area contributed by atoms with E-state index in [1.807, 2.05) is 33.2 Å². The number of nitrogens with zero attached hydrogens (tertiary/aromatic N) is 3. The van der Waals surface area contributed by atoms with Crippen LogP contribution in [0.2, 0.25) is 0 Å². The van der Waals surface area contributed by atoms with E-state index in [4.69, 9.17) is 19.6 Å². The Balaban J connectivity index is 1.20. The largest absolute Gasteiger partial charge is 0.444 e. The van der Waals surface area contributed by atoms with Gasteiger partial charge < -0.3 is 14.8 Å². The van der Waals surface area contributed by atoms with E-state index in [0.717, 1.165) is 49.1 Å². The Labute approximate surface area is 224 Å². The minimum absolute atomic E-state index is 0.0301. The molecule has 1 spiro atoms. The number of benzene rings is 1. The monoisotopic (exact) mass is 514 g/mol. The second kappa shape index (κ2) is 8.54. The SMILES string of the molecule is CC(C)(C)OC(=O)NC1(c2ccc(-c3ccc4c(cnn4C4CCCCO4)c3C3CC3)nc2)CC2(CC2)C1. The summed E-state index contributed by atoms with van der Waals surface area (Å²) in [5.41, 5.74) is 5.25. The molecule has 2 aromatic heterocycles. The van der Waals surface area contributed by atoms with Crippen molar-refractivity contribution in [2.24, 2.45) is 5.41 Å². The Hall–Kier alpha value is -2.93. The van der Waals surface area contributed by atoms with E-state index in [1.54, 1.807) is 0 Å². The van der Waals surface area contributed by atoms with E-state index in [-0.39, 0.29) is 12.3 Å². The van der Waals surface area contributed by atoms with Crippen molar-refractivity contribution in [3.8, 4) is 11.3 Å². The molecular formula is C31H38N4O3. The van der Waals surface area contributed by atoms with Crippen molar-refractivity contribution in [3.63, 3.8) is 0 Å². The number of nitrogens with one attached hydrogen (secondary N) is 1. The highest BCUT2D eigenvalue weighted by Gasteiger charge is 2.62. The van der Waals surface area contributed by atoms with E-state index in [1.165, 1.54) is 48.6 Å². The number of alkyl carbamates (subject to hydrolysis) is 1. The number of pyridine rings is 1. The average molecular weight is 515 g/mol. The Bertz CT molecular complexity index is 1360. The van der Waals surface area contributed by atoms with Crippen molar-refractivity contribution in [1.29, 1.82) is 0 Å². The van der Waals surface area contributed by atoms with Gasteiger partial charge in [0.05, 0.1) is 22.9 Å². The maximum Gasteiger partial charge on any atom is 0.408 e. The Morgan fingerprint density at radius 2 is 1.89 bits per heavy atom. The summed E-state index contributed by atoms with van der Waals surface area (Å²) in [5.74, 6) is 0.557. The van der Waals surface area contributed by atoms with Crippen LogP contribution in [0.3, 0.4) is 0 Å². The van der Waals surface area contributed by atoms with E-state index in [0.29, 0.717) is 11.3 Å². The summed E-state index contributed by atoms with van der Waals surface area (Å²) in [4.78, 5) is 17.7. The predicted octanol–water partition coefficient (Wildman–Crippen LogP) is 6.97. The van der Waals surface area contributed by atoms with E-state index >= 15 is 0 Å². The first kappa shape index (κ1) is 24.1. The number of hydrogen-bond donors (Lipinski definition) is 1. The molecule has 3 aliphatic carbocycles. The number of aromatic nitrogens is 3. The van der Waals surface area contributed by atoms with Gasteiger partial charge in [-0.3, -0.25) is 4.98 Å². The van der Waals surface area contributed by atoms with Gasteiger partial charge in [-0.2, -0.15) is 5.10 Å². The molecule has 200 valence electrons. The van der Waals surface area contributed by atoms with Crippen LogP contribution in [-0.4, -0.2) is 33.1 Å². The third-order valence-corrected chi connectivity index (χ3v) is 8.88. The van der Waals surface area contributed by atoms with Gasteiger partial charge in [0.15, 0.2) is 6.23 Å². The van der Waals surface area contributed by atoms with E-state index in [2.05, 4.69) is 34.3 Å². The first-order valence-corrected chi connectivity index (χ1v) is 14.3. The molecule has 3 heterocycles. The van der Waals surface area contributed by atoms with Crippen molar-refractivity contribution in [2.45, 2.75) is 102 Å². The molecule has 0 bridgehead atoms. The van der Waals surface area contributed by atoms with Crippen molar-refractivity contribution in [2.75, 3.05) is 6.61 Å². The fraction of sp³-hybridized carbons (Fsp3) is 0.581. The summed E-state index contributed by atoms with van der Waals surface area (Å²) in [6, 6.07) is 8.70. The molecule has 3 aromatic rings. The molecule has 1 aromatic carbocycles. The van der Waals surface area contributed by atoms with Crippen LogP contribution in [0, 0.1) is 5.41 Å². The van der Waals surface area contributed by atoms with Gasteiger partial charge in [0.1, 0.15) is 5.60 Å². The third kappa shape index (κ3) is 4.29. The second-order valence-electron chi connectivity index (χ2n) is 13.1. The number of ether oxygens (including phenoxy) is 2. The smallest absolute Gasteiger partial charge is 0.408 e. The molecule has 7 nitrogen and oxygen atoms in total. The summed E-state index contributed by atoms with van der Waals surface area (Å²) in [6.45, 7) is 6.51. The summed E-state index contributed by atoms with van der Waals surface area (Å²) in [5, 5.41) is 9.24. The molecule has 1 unspecified atom stereocenters. The number of carbonyl (C=O) groups excluding carboxylic acids is 1. The zero-order chi connectivity index (χ0) is 26.1. The van der Waals surface area contributed by atoms with Crippen LogP contribution in [0.5, 0.6) is 0 Å². The van der Waals surface area contributed by atoms with Crippen LogP contribution in [0.1, 0.15) is 102 Å². The Morgan fingerprint density at radius 3 is 2.53 bits per heavy atom. The van der Waals surface area contributed by atoms with Gasteiger partial charge >= 0.3 is 6.09 Å². The topological polar surface area (TPSA) is 78.3 Å². The lowest BCUT2D eigenvalue weighted by molar-refractivity contribution is -0.0366. The molecule has 4 fully saturated rings. The lowest BCUT2D eigenvalue weighted by Gasteiger charge is -2.49. The molecule has 38 heavy (non-hydrogen) atoms. The molecule has 1 atom stereocenters. The first-order chi connectivity index (χ1) is 18.2. The number of rotatable bonds is 5. The molecule has 1 amide bonds. The molecule has 0 radical (unpaired) electrons. The van der Waals surface area contributed by atoms with Crippen molar-refractivity contribution in [1.82, 2.24) is 20.1 Å². The number of fused-ring (bicyclic) bond motifs is 1. The minimum Gasteiger partial charge on any atom is -0.444 e. The number of amides is 1. The van der Waals surface area contributed by atoms with Gasteiger partial charge in [0.25, 0.3) is 0 Å². The minimum atomic E-state index is -0.525. The molecule has 1 N–H and O–H groups in total. The zero-order valence-electron chi connectivity index (χ0n) is 22.8. The van der Waals surface area contributed by atoms with Crippen LogP contribution in [0.25, 0.3) is 22.2 Å². The lowest BCUT2D eigenvalue weighted by atomic mass is 9.62. The molecule has 1 saturated heterocycles. The fourth-order valence-corrected chi connectivity index (χ4v) is 6.78. The number of hydrogen-bond acceptors (Lipinski definition) is 5. The van der Waals surface area contributed by atoms with E-state index in [9.17, 15) is 4.79 Å². The molecule has 3 saturated carbocycles. The van der Waals surface area contributed by atoms with Gasteiger partial charge in [-0.05, 0) is 113 Å². The van der Waals surface area contributed by atoms with Crippen LogP contribution >= 0.6 is 0 Å². The van der Waals surface area contributed by atoms with Crippen molar-refractivity contribution >= 4 is 17.0 Å². The highest BCUT2D eigenvalue weighted by molar-refractivity contribution is 5.90. The van der Waals surface area contributed by atoms with Gasteiger partial charge in [-0.15, -0.1) is 0 Å². The molecule has 7 heteroatoms. The predicted molar refractivity (Wildman–Crippen MR) is 146 cm³/mol. The van der Waals surface area contributed by atoms with Gasteiger partial charge in [-0.25, -0.2) is 9.48 Å². The Kier molecular flexibility index (Phi) is 5.42. The molecule has 1 aliphatic heterocycles. The molecule has 4 aliphatic rings. The third-order valence-electron chi connectivity index (χ3n) is 8.88. The normalized spacial score (nSPS) is 23.7. The standard InChI is InChI=1S/C31H38N4O3/c1-29(2,3)38-28(36)34-31(18-30(19-31)13-14-30)21-9-11-24(32-16-21)22-10-12-25-23(27(22)20-7-8-20)17-33-35(25)26-6-4-5-15-37-26/h9-12,16-17,20,26H,4-8,13-15,18-19H2,1-3H3,(H,34,36). The van der Waals surface area contributed by atoms with Crippen molar-refractivity contribution < 1.29 is 14.3 Å². The number of carbonyl (C=O) groups is 1. The van der Waals surface area contributed by atoms with Crippen LogP contribution in [0.15, 0.2) is 36.7 Å². The quantitative estimate of drug-likeness (QED) is 0.398. The highest BCUT2D eigenvalue weighted by atomic mass is 16.6. The maximum absolute atomic E-state index is 12.8. The lowest BCUT2D eigenvalue weighted by Crippen LogP contribution is -2.56. The van der Waals surface area contributed by atoms with E-state index < -0.39 is 11.1 Å². The summed E-state index contributed by atoms with van der Waals surface area (Å²) in [7, 11) is 0. The molecular weight excluding hydrogens is 476 g/mol. The summed E-state index contributed by atoms with van der Waals surface area (Å²) in [6.07, 6.45) is 13.8. The average Bonchev–Trinajstić information content (AvgIpc) is 3.80. The summed E-state index contributed by atoms with van der Waals surface area (Å²) >= 11 is 0. The fourth-order valence-electron chi connectivity index (χ4n) is 6.78. The molecule has 7 rings (SSSR count). The van der Waals surface area contributed by atoms with Crippen LogP contribution in [-0.2, 0) is 15.0 Å². The van der Waals surface area contributed by atoms with Gasteiger partial charge in [-0.1, -0.05) is 12.1 Å². The summed E-state index contributed by atoms with van der Waals surface area (Å²) < 4.78 is 13.7. The maximum atomic E-state index is 12.8.